The lowest BCUT2D eigenvalue weighted by Crippen LogP contribution is -1.98. The van der Waals surface area contributed by atoms with E-state index in [0.717, 1.165) is 16.0 Å². The minimum absolute atomic E-state index is 0.604. The van der Waals surface area contributed by atoms with Crippen LogP contribution in [0, 0.1) is 13.8 Å². The van der Waals surface area contributed by atoms with Gasteiger partial charge in [-0.05, 0) is 41.9 Å². The summed E-state index contributed by atoms with van der Waals surface area (Å²) in [6.07, 6.45) is 1.58. The van der Waals surface area contributed by atoms with Crippen molar-refractivity contribution in [3.8, 4) is 6.01 Å². The number of hydrogen-bond acceptors (Lipinski definition) is 2. The summed E-state index contributed by atoms with van der Waals surface area (Å²) < 4.78 is 7.96. The van der Waals surface area contributed by atoms with Crippen LogP contribution in [0.2, 0.25) is 0 Å². The summed E-state index contributed by atoms with van der Waals surface area (Å²) in [6, 6.07) is 4.67. The van der Waals surface area contributed by atoms with Crippen LogP contribution in [0.15, 0.2) is 27.4 Å². The smallest absolute Gasteiger partial charge is 0.307 e. The topological polar surface area (TPSA) is 31.0 Å². The van der Waals surface area contributed by atoms with Gasteiger partial charge in [-0.25, -0.2) is 0 Å². The lowest BCUT2D eigenvalue weighted by molar-refractivity contribution is 0.521. The Morgan fingerprint density at radius 2 is 1.92 bits per heavy atom. The van der Waals surface area contributed by atoms with Crippen LogP contribution in [0.3, 0.4) is 0 Å². The molecule has 0 aliphatic rings. The maximum absolute atomic E-state index is 5.28. The van der Waals surface area contributed by atoms with Gasteiger partial charge in [0.25, 0.3) is 0 Å². The maximum atomic E-state index is 5.28. The fourth-order valence-corrected chi connectivity index (χ4v) is 1.56. The lowest BCUT2D eigenvalue weighted by Gasteiger charge is -2.01. The van der Waals surface area contributed by atoms with E-state index in [1.807, 2.05) is 30.5 Å². The summed E-state index contributed by atoms with van der Waals surface area (Å²) in [5, 5.41) is 0. The minimum atomic E-state index is 0.604. The zero-order valence-electron chi connectivity index (χ0n) is 7.41. The SMILES string of the molecule is Cc1ccc(C)n1-c1nc(Br)co1. The Morgan fingerprint density at radius 3 is 2.38 bits per heavy atom. The molecular weight excluding hydrogens is 232 g/mol. The largest absolute Gasteiger partial charge is 0.430 e. The van der Waals surface area contributed by atoms with Gasteiger partial charge in [-0.3, -0.25) is 4.57 Å². The predicted molar refractivity (Wildman–Crippen MR) is 53.0 cm³/mol. The van der Waals surface area contributed by atoms with Crippen LogP contribution < -0.4 is 0 Å². The van der Waals surface area contributed by atoms with Crippen LogP contribution in [0.1, 0.15) is 11.4 Å². The molecular formula is C9H9BrN2O. The van der Waals surface area contributed by atoms with Gasteiger partial charge in [-0.1, -0.05) is 0 Å². The van der Waals surface area contributed by atoms with Gasteiger partial charge in [0.15, 0.2) is 0 Å². The van der Waals surface area contributed by atoms with Gasteiger partial charge in [-0.2, -0.15) is 4.98 Å². The van der Waals surface area contributed by atoms with E-state index in [0.29, 0.717) is 6.01 Å². The third-order valence-electron chi connectivity index (χ3n) is 1.93. The van der Waals surface area contributed by atoms with E-state index in [1.165, 1.54) is 0 Å². The average Bonchev–Trinajstić information content (AvgIpc) is 2.60. The number of aryl methyl sites for hydroxylation is 2. The van der Waals surface area contributed by atoms with Crippen LogP contribution in [-0.4, -0.2) is 9.55 Å². The second-order valence-corrected chi connectivity index (χ2v) is 3.72. The second-order valence-electron chi connectivity index (χ2n) is 2.90. The first kappa shape index (κ1) is 8.56. The molecule has 2 aromatic rings. The first-order valence-corrected chi connectivity index (χ1v) is 4.74. The molecule has 0 fully saturated rings. The first-order chi connectivity index (χ1) is 6.18. The van der Waals surface area contributed by atoms with Gasteiger partial charge in [0, 0.05) is 11.4 Å². The van der Waals surface area contributed by atoms with Crippen molar-refractivity contribution in [3.63, 3.8) is 0 Å². The Hall–Kier alpha value is -1.03. The molecule has 0 aliphatic carbocycles. The highest BCUT2D eigenvalue weighted by atomic mass is 79.9. The van der Waals surface area contributed by atoms with Crippen molar-refractivity contribution in [2.75, 3.05) is 0 Å². The molecule has 4 heteroatoms. The van der Waals surface area contributed by atoms with Crippen molar-refractivity contribution >= 4 is 15.9 Å². The van der Waals surface area contributed by atoms with E-state index in [4.69, 9.17) is 4.42 Å². The Kier molecular flexibility index (Phi) is 2.00. The molecule has 0 saturated heterocycles. The normalized spacial score (nSPS) is 10.7. The van der Waals surface area contributed by atoms with E-state index in [2.05, 4.69) is 20.9 Å². The first-order valence-electron chi connectivity index (χ1n) is 3.95. The molecule has 0 atom stereocenters. The third-order valence-corrected chi connectivity index (χ3v) is 2.29. The molecule has 0 spiro atoms. The van der Waals surface area contributed by atoms with Crippen molar-refractivity contribution in [2.24, 2.45) is 0 Å². The molecule has 0 bridgehead atoms. The highest BCUT2D eigenvalue weighted by Gasteiger charge is 2.08. The van der Waals surface area contributed by atoms with E-state index in [1.54, 1.807) is 6.26 Å². The molecule has 0 aliphatic heterocycles. The molecule has 0 amide bonds. The molecule has 2 rings (SSSR count). The zero-order chi connectivity index (χ0) is 9.42. The molecule has 2 aromatic heterocycles. The third kappa shape index (κ3) is 1.42. The Morgan fingerprint density at radius 1 is 1.31 bits per heavy atom. The summed E-state index contributed by atoms with van der Waals surface area (Å²) in [5.41, 5.74) is 2.23. The summed E-state index contributed by atoms with van der Waals surface area (Å²) >= 11 is 3.25. The van der Waals surface area contributed by atoms with E-state index in [-0.39, 0.29) is 0 Å². The molecule has 68 valence electrons. The Bertz CT molecular complexity index is 411. The summed E-state index contributed by atoms with van der Waals surface area (Å²) in [5.74, 6) is 0. The second kappa shape index (κ2) is 3.03. The van der Waals surface area contributed by atoms with Crippen LogP contribution in [-0.2, 0) is 0 Å². The molecule has 0 unspecified atom stereocenters. The van der Waals surface area contributed by atoms with Crippen molar-refractivity contribution < 1.29 is 4.42 Å². The van der Waals surface area contributed by atoms with Crippen molar-refractivity contribution in [1.29, 1.82) is 0 Å². The number of hydrogen-bond donors (Lipinski definition) is 0. The quantitative estimate of drug-likeness (QED) is 0.768. The summed E-state index contributed by atoms with van der Waals surface area (Å²) in [4.78, 5) is 4.19. The highest BCUT2D eigenvalue weighted by molar-refractivity contribution is 9.10. The van der Waals surface area contributed by atoms with Gasteiger partial charge >= 0.3 is 6.01 Å². The highest BCUT2D eigenvalue weighted by Crippen LogP contribution is 2.17. The fourth-order valence-electron chi connectivity index (χ4n) is 1.32. The number of aromatic nitrogens is 2. The molecule has 3 nitrogen and oxygen atoms in total. The van der Waals surface area contributed by atoms with Crippen LogP contribution in [0.25, 0.3) is 6.01 Å². The summed E-state index contributed by atoms with van der Waals surface area (Å²) in [6.45, 7) is 4.04. The van der Waals surface area contributed by atoms with Gasteiger partial charge in [0.1, 0.15) is 10.9 Å². The monoisotopic (exact) mass is 240 g/mol. The summed E-state index contributed by atoms with van der Waals surface area (Å²) in [7, 11) is 0. The van der Waals surface area contributed by atoms with E-state index in [9.17, 15) is 0 Å². The number of oxazole rings is 1. The van der Waals surface area contributed by atoms with Gasteiger partial charge in [-0.15, -0.1) is 0 Å². The van der Waals surface area contributed by atoms with Gasteiger partial charge in [0.2, 0.25) is 0 Å². The molecule has 2 heterocycles. The van der Waals surface area contributed by atoms with Gasteiger partial charge in [0.05, 0.1) is 0 Å². The Labute approximate surface area is 84.5 Å². The average molecular weight is 241 g/mol. The van der Waals surface area contributed by atoms with Gasteiger partial charge < -0.3 is 4.42 Å². The standard InChI is InChI=1S/C9H9BrN2O/c1-6-3-4-7(2)12(6)9-11-8(10)5-13-9/h3-5H,1-2H3. The molecule has 0 aromatic carbocycles. The molecule has 0 saturated carbocycles. The van der Waals surface area contributed by atoms with Crippen molar-refractivity contribution in [3.05, 3.63) is 34.4 Å². The maximum Gasteiger partial charge on any atom is 0.307 e. The van der Waals surface area contributed by atoms with E-state index >= 15 is 0 Å². The molecule has 13 heavy (non-hydrogen) atoms. The number of rotatable bonds is 1. The van der Waals surface area contributed by atoms with Crippen molar-refractivity contribution in [1.82, 2.24) is 9.55 Å². The number of halogens is 1. The Balaban J connectivity index is 2.57. The minimum Gasteiger partial charge on any atom is -0.430 e. The zero-order valence-corrected chi connectivity index (χ0v) is 9.00. The number of nitrogens with zero attached hydrogens (tertiary/aromatic N) is 2. The molecule has 0 N–H and O–H groups in total. The van der Waals surface area contributed by atoms with E-state index < -0.39 is 0 Å². The lowest BCUT2D eigenvalue weighted by atomic mass is 10.5. The fraction of sp³-hybridized carbons (Fsp3) is 0.222. The molecule has 0 radical (unpaired) electrons. The predicted octanol–water partition coefficient (Wildman–Crippen LogP) is 2.84. The van der Waals surface area contributed by atoms with Crippen molar-refractivity contribution in [2.45, 2.75) is 13.8 Å². The van der Waals surface area contributed by atoms with Crippen LogP contribution >= 0.6 is 15.9 Å². The van der Waals surface area contributed by atoms with Crippen LogP contribution in [0.5, 0.6) is 0 Å². The van der Waals surface area contributed by atoms with Crippen LogP contribution in [0.4, 0.5) is 0 Å².